The van der Waals surface area contributed by atoms with E-state index in [1.54, 1.807) is 6.92 Å². The van der Waals surface area contributed by atoms with Gasteiger partial charge in [-0.3, -0.25) is 9.59 Å². The largest absolute Gasteiger partial charge is 0.465 e. The number of hydrogen-bond acceptors (Lipinski definition) is 6. The van der Waals surface area contributed by atoms with Crippen LogP contribution < -0.4 is 0 Å². The Bertz CT molecular complexity index is 733. The van der Waals surface area contributed by atoms with Gasteiger partial charge in [0.05, 0.1) is 17.6 Å². The third-order valence-corrected chi connectivity index (χ3v) is 5.29. The Labute approximate surface area is 156 Å². The fraction of sp³-hybridized carbons (Fsp3) is 0.471. The molecule has 2 atom stereocenters. The first-order chi connectivity index (χ1) is 11.6. The van der Waals surface area contributed by atoms with Gasteiger partial charge in [-0.2, -0.15) is 0 Å². The number of thioether (sulfide) groups is 1. The number of hydrogen-bond donors (Lipinski definition) is 1. The van der Waals surface area contributed by atoms with E-state index < -0.39 is 17.4 Å². The fourth-order valence-electron chi connectivity index (χ4n) is 2.91. The second kappa shape index (κ2) is 8.10. The predicted molar refractivity (Wildman–Crippen MR) is 97.9 cm³/mol. The summed E-state index contributed by atoms with van der Waals surface area (Å²) in [6.45, 7) is 3.80. The molecule has 136 valence electrons. The number of aromatic amines is 1. The lowest BCUT2D eigenvalue weighted by Gasteiger charge is -2.20. The molecule has 1 saturated heterocycles. The van der Waals surface area contributed by atoms with E-state index in [4.69, 9.17) is 9.47 Å². The lowest BCUT2D eigenvalue weighted by molar-refractivity contribution is -0.165. The van der Waals surface area contributed by atoms with Crippen molar-refractivity contribution in [2.45, 2.75) is 37.9 Å². The van der Waals surface area contributed by atoms with Crippen LogP contribution in [0.5, 0.6) is 0 Å². The number of halogens is 1. The molecule has 0 bridgehead atoms. The molecular formula is C17H21ClN2O4S. The summed E-state index contributed by atoms with van der Waals surface area (Å²) in [5.41, 5.74) is 0.713. The zero-order chi connectivity index (χ0) is 17.2. The topological polar surface area (TPSA) is 81.3 Å². The van der Waals surface area contributed by atoms with Gasteiger partial charge in [-0.25, -0.2) is 4.98 Å². The fourth-order valence-corrected chi connectivity index (χ4v) is 3.78. The Hall–Kier alpha value is -1.73. The molecule has 3 rings (SSSR count). The van der Waals surface area contributed by atoms with Gasteiger partial charge in [-0.15, -0.1) is 12.4 Å². The highest BCUT2D eigenvalue weighted by molar-refractivity contribution is 7.99. The van der Waals surface area contributed by atoms with Crippen LogP contribution in [0.3, 0.4) is 0 Å². The number of benzene rings is 1. The van der Waals surface area contributed by atoms with Crippen molar-refractivity contribution in [3.63, 3.8) is 0 Å². The molecule has 1 aromatic carbocycles. The van der Waals surface area contributed by atoms with E-state index in [0.717, 1.165) is 16.2 Å². The van der Waals surface area contributed by atoms with Crippen LogP contribution in [0.25, 0.3) is 11.0 Å². The number of fused-ring (bicyclic) bond motifs is 1. The monoisotopic (exact) mass is 384 g/mol. The summed E-state index contributed by atoms with van der Waals surface area (Å²) in [5.74, 6) is -0.403. The number of nitrogens with one attached hydrogen (secondary N) is 1. The number of carbonyl (C=O) groups is 2. The van der Waals surface area contributed by atoms with E-state index in [-0.39, 0.29) is 25.1 Å². The van der Waals surface area contributed by atoms with Gasteiger partial charge in [0.1, 0.15) is 6.10 Å². The maximum Gasteiger partial charge on any atom is 0.323 e. The molecule has 1 aliphatic heterocycles. The van der Waals surface area contributed by atoms with Crippen LogP contribution in [-0.2, 0) is 19.1 Å². The zero-order valence-corrected chi connectivity index (χ0v) is 15.7. The van der Waals surface area contributed by atoms with Crippen LogP contribution in [0.1, 0.15) is 26.7 Å². The van der Waals surface area contributed by atoms with E-state index >= 15 is 0 Å². The Morgan fingerprint density at radius 3 is 2.88 bits per heavy atom. The summed E-state index contributed by atoms with van der Waals surface area (Å²) in [6, 6.07) is 7.78. The van der Waals surface area contributed by atoms with Gasteiger partial charge in [-0.1, -0.05) is 30.8 Å². The minimum Gasteiger partial charge on any atom is -0.465 e. The molecule has 1 fully saturated rings. The molecule has 2 aromatic rings. The molecule has 0 amide bonds. The highest BCUT2D eigenvalue weighted by Gasteiger charge is 2.54. The third kappa shape index (κ3) is 3.77. The molecule has 1 N–H and O–H groups in total. The Kier molecular flexibility index (Phi) is 6.35. The summed E-state index contributed by atoms with van der Waals surface area (Å²) in [4.78, 5) is 32.2. The van der Waals surface area contributed by atoms with Crippen molar-refractivity contribution in [3.05, 3.63) is 24.3 Å². The average Bonchev–Trinajstić information content (AvgIpc) is 3.14. The van der Waals surface area contributed by atoms with Crippen molar-refractivity contribution in [1.29, 1.82) is 0 Å². The number of imidazole rings is 1. The van der Waals surface area contributed by atoms with Gasteiger partial charge < -0.3 is 14.5 Å². The normalized spacial score (nSPS) is 22.5. The number of cyclic esters (lactones) is 1. The Morgan fingerprint density at radius 2 is 2.20 bits per heavy atom. The van der Waals surface area contributed by atoms with Crippen molar-refractivity contribution >= 4 is 47.1 Å². The molecule has 25 heavy (non-hydrogen) atoms. The second-order valence-corrected chi connectivity index (χ2v) is 6.77. The summed E-state index contributed by atoms with van der Waals surface area (Å²) >= 11 is 1.49. The number of para-hydroxylation sites is 2. The van der Waals surface area contributed by atoms with Crippen LogP contribution in [0.15, 0.2) is 29.4 Å². The van der Waals surface area contributed by atoms with Crippen LogP contribution >= 0.6 is 24.2 Å². The van der Waals surface area contributed by atoms with Crippen molar-refractivity contribution in [2.24, 2.45) is 5.41 Å². The molecule has 2 unspecified atom stereocenters. The maximum absolute atomic E-state index is 12.3. The Balaban J connectivity index is 0.00000225. The Morgan fingerprint density at radius 1 is 1.44 bits per heavy atom. The lowest BCUT2D eigenvalue weighted by Crippen LogP contribution is -2.36. The van der Waals surface area contributed by atoms with Crippen LogP contribution in [0.4, 0.5) is 0 Å². The first-order valence-electron chi connectivity index (χ1n) is 8.05. The summed E-state index contributed by atoms with van der Waals surface area (Å²) in [6.07, 6.45) is 0.422. The smallest absolute Gasteiger partial charge is 0.323 e. The standard InChI is InChI=1S/C17H20N2O4S.ClH/c1-3-17(14(20)22-4-2)9-11(23-15(17)21)10-24-16-18-12-7-5-6-8-13(12)19-16;/h5-8,11H,3-4,9-10H2,1-2H3,(H,18,19);1H. The zero-order valence-electron chi connectivity index (χ0n) is 14.1. The first-order valence-corrected chi connectivity index (χ1v) is 9.03. The number of esters is 2. The minimum atomic E-state index is -1.16. The predicted octanol–water partition coefficient (Wildman–Crippen LogP) is 3.35. The van der Waals surface area contributed by atoms with Gasteiger partial charge in [0.2, 0.25) is 0 Å². The average molecular weight is 385 g/mol. The van der Waals surface area contributed by atoms with Gasteiger partial charge in [0.15, 0.2) is 10.6 Å². The molecule has 0 spiro atoms. The number of carbonyl (C=O) groups excluding carboxylic acids is 2. The van der Waals surface area contributed by atoms with Gasteiger partial charge in [-0.05, 0) is 25.5 Å². The second-order valence-electron chi connectivity index (χ2n) is 5.76. The summed E-state index contributed by atoms with van der Waals surface area (Å²) < 4.78 is 10.5. The van der Waals surface area contributed by atoms with Crippen molar-refractivity contribution in [3.8, 4) is 0 Å². The van der Waals surface area contributed by atoms with Crippen molar-refractivity contribution < 1.29 is 19.1 Å². The molecule has 6 nitrogen and oxygen atoms in total. The lowest BCUT2D eigenvalue weighted by atomic mass is 9.82. The molecule has 8 heteroatoms. The van der Waals surface area contributed by atoms with Crippen LogP contribution in [0, 0.1) is 5.41 Å². The minimum absolute atomic E-state index is 0. The first kappa shape index (κ1) is 19.6. The number of rotatable bonds is 6. The molecule has 0 aliphatic carbocycles. The number of nitrogens with zero attached hydrogens (tertiary/aromatic N) is 1. The molecule has 0 saturated carbocycles. The number of aromatic nitrogens is 2. The summed E-state index contributed by atoms with van der Waals surface area (Å²) in [5, 5.41) is 0.775. The van der Waals surface area contributed by atoms with E-state index in [0.29, 0.717) is 18.6 Å². The maximum atomic E-state index is 12.3. The number of H-pyrrole nitrogens is 1. The molecule has 1 aliphatic rings. The van der Waals surface area contributed by atoms with Crippen molar-refractivity contribution in [2.75, 3.05) is 12.4 Å². The highest BCUT2D eigenvalue weighted by atomic mass is 35.5. The van der Waals surface area contributed by atoms with E-state index in [2.05, 4.69) is 9.97 Å². The molecule has 0 radical (unpaired) electrons. The van der Waals surface area contributed by atoms with Gasteiger partial charge in [0.25, 0.3) is 0 Å². The van der Waals surface area contributed by atoms with Crippen LogP contribution in [0.2, 0.25) is 0 Å². The van der Waals surface area contributed by atoms with Gasteiger partial charge >= 0.3 is 11.9 Å². The third-order valence-electron chi connectivity index (χ3n) is 4.28. The van der Waals surface area contributed by atoms with Gasteiger partial charge in [0, 0.05) is 12.2 Å². The number of ether oxygens (including phenoxy) is 2. The van der Waals surface area contributed by atoms with E-state index in [1.807, 2.05) is 31.2 Å². The molecule has 1 aromatic heterocycles. The van der Waals surface area contributed by atoms with Crippen LogP contribution in [-0.4, -0.2) is 40.4 Å². The van der Waals surface area contributed by atoms with E-state index in [9.17, 15) is 9.59 Å². The molecule has 2 heterocycles. The quantitative estimate of drug-likeness (QED) is 0.467. The summed E-state index contributed by atoms with van der Waals surface area (Å²) in [7, 11) is 0. The van der Waals surface area contributed by atoms with E-state index in [1.165, 1.54) is 11.8 Å². The molecular weight excluding hydrogens is 364 g/mol. The van der Waals surface area contributed by atoms with Crippen molar-refractivity contribution in [1.82, 2.24) is 9.97 Å². The SMILES string of the molecule is CCOC(=O)C1(CC)CC(CSc2nc3ccccc3[nH]2)OC1=O.Cl. The highest BCUT2D eigenvalue weighted by Crippen LogP contribution is 2.40.